The lowest BCUT2D eigenvalue weighted by Crippen LogP contribution is -2.31. The van der Waals surface area contributed by atoms with Crippen LogP contribution in [-0.4, -0.2) is 107 Å². The van der Waals surface area contributed by atoms with Crippen LogP contribution in [0.4, 0.5) is 52.0 Å². The molecule has 5 aromatic carbocycles. The van der Waals surface area contributed by atoms with Gasteiger partial charge in [-0.25, -0.2) is 9.59 Å². The number of carboxylic acid groups (broad SMARTS) is 2. The van der Waals surface area contributed by atoms with Crippen molar-refractivity contribution < 1.29 is 60.7 Å². The van der Waals surface area contributed by atoms with Crippen molar-refractivity contribution in [3.8, 4) is 5.75 Å². The fourth-order valence-corrected chi connectivity index (χ4v) is 6.92. The summed E-state index contributed by atoms with van der Waals surface area (Å²) in [5.74, 6) is -1.07. The summed E-state index contributed by atoms with van der Waals surface area (Å²) in [7, 11) is -7.57. The van der Waals surface area contributed by atoms with Gasteiger partial charge in [0.15, 0.2) is 0 Å². The Balaban J connectivity index is 0.000000230. The number of aromatic carboxylic acids is 2. The van der Waals surface area contributed by atoms with E-state index in [0.717, 1.165) is 23.9 Å². The first kappa shape index (κ1) is 48.1. The second-order valence-electron chi connectivity index (χ2n) is 12.8. The molecule has 0 fully saturated rings. The smallest absolute Gasteiger partial charge is 0.335 e. The lowest BCUT2D eigenvalue weighted by molar-refractivity contribution is 0.0696. The van der Waals surface area contributed by atoms with Gasteiger partial charge in [0, 0.05) is 58.4 Å². The number of nitrogens with zero attached hydrogens (tertiary/aromatic N) is 4. The number of carboxylic acids is 2. The molecule has 0 aliphatic rings. The van der Waals surface area contributed by atoms with Crippen molar-refractivity contribution in [1.29, 1.82) is 0 Å². The van der Waals surface area contributed by atoms with E-state index in [2.05, 4.69) is 25.6 Å². The third kappa shape index (κ3) is 13.5. The van der Waals surface area contributed by atoms with Crippen molar-refractivity contribution >= 4 is 94.9 Å². The van der Waals surface area contributed by atoms with E-state index in [9.17, 15) is 36.6 Å². The number of fused-ring (bicyclic) bond motifs is 1. The highest BCUT2D eigenvalue weighted by atomic mass is 32.2. The van der Waals surface area contributed by atoms with E-state index in [1.165, 1.54) is 37.4 Å². The predicted molar refractivity (Wildman–Crippen MR) is 234 cm³/mol. The number of nitrogens with two attached hydrogens (primary N) is 4. The van der Waals surface area contributed by atoms with Gasteiger partial charge in [0.25, 0.3) is 20.2 Å². The Bertz CT molecular complexity index is 2800. The van der Waals surface area contributed by atoms with Crippen LogP contribution in [0.25, 0.3) is 10.8 Å². The van der Waals surface area contributed by atoms with Crippen molar-refractivity contribution in [2.45, 2.75) is 9.79 Å². The minimum Gasteiger partial charge on any atom is -0.494 e. The summed E-state index contributed by atoms with van der Waals surface area (Å²) in [6.45, 7) is 0.245. The summed E-state index contributed by atoms with van der Waals surface area (Å²) >= 11 is 0. The van der Waals surface area contributed by atoms with Crippen molar-refractivity contribution in [3.63, 3.8) is 0 Å². The molecule has 6 rings (SSSR count). The van der Waals surface area contributed by atoms with Crippen LogP contribution in [0.2, 0.25) is 0 Å². The van der Waals surface area contributed by atoms with Gasteiger partial charge in [0.05, 0.1) is 37.1 Å². The fourth-order valence-electron chi connectivity index (χ4n) is 5.48. The fraction of sp³-hybridized carbons (Fsp3) is 0.132. The summed E-state index contributed by atoms with van der Waals surface area (Å²) in [5, 5.41) is 42.0. The average molecular weight is 911 g/mol. The third-order valence-electron chi connectivity index (χ3n) is 8.23. The van der Waals surface area contributed by atoms with Crippen molar-refractivity contribution in [2.75, 3.05) is 71.9 Å². The van der Waals surface area contributed by atoms with Crippen LogP contribution in [0, 0.1) is 0 Å². The number of methoxy groups -OCH3 is 1. The second-order valence-corrected chi connectivity index (χ2v) is 15.6. The van der Waals surface area contributed by atoms with E-state index in [1.807, 2.05) is 0 Å². The van der Waals surface area contributed by atoms with E-state index in [4.69, 9.17) is 47.0 Å². The number of aromatic nitrogens is 3. The van der Waals surface area contributed by atoms with Crippen LogP contribution >= 0.6 is 0 Å². The number of aliphatic hydroxyl groups excluding tert-OH is 2. The van der Waals surface area contributed by atoms with Crippen molar-refractivity contribution in [2.24, 2.45) is 0 Å². The maximum atomic E-state index is 11.2. The Morgan fingerprint density at radius 3 is 1.70 bits per heavy atom. The Hall–Kier alpha value is -7.55. The Labute approximate surface area is 359 Å². The predicted octanol–water partition coefficient (Wildman–Crippen LogP) is 2.90. The summed E-state index contributed by atoms with van der Waals surface area (Å²) in [6, 6.07) is 21.6. The molecule has 1 aromatic heterocycles. The SMILES string of the molecule is COc1cc(N)ccc1Nc1nc(Nc2ccc(N)cc2)nc(N(CCO)CCO)n1.Nc1cc(C(=O)O)cc(C(=O)O)c1.Nc1cc(S(=O)(=O)O)c2cccc(S(=O)(=O)O)c2c1. The van der Waals surface area contributed by atoms with Gasteiger partial charge in [-0.2, -0.15) is 31.8 Å². The molecule has 6 aromatic rings. The molecule has 23 nitrogen and oxygen atoms in total. The lowest BCUT2D eigenvalue weighted by Gasteiger charge is -2.21. The van der Waals surface area contributed by atoms with E-state index >= 15 is 0 Å². The molecule has 1 heterocycles. The highest BCUT2D eigenvalue weighted by molar-refractivity contribution is 7.86. The molecule has 0 unspecified atom stereocenters. The van der Waals surface area contributed by atoms with Gasteiger partial charge in [-0.1, -0.05) is 12.1 Å². The molecule has 0 aliphatic heterocycles. The van der Waals surface area contributed by atoms with Crippen LogP contribution in [-0.2, 0) is 20.2 Å². The molecule has 0 saturated heterocycles. The van der Waals surface area contributed by atoms with E-state index in [0.29, 0.717) is 22.8 Å². The number of rotatable bonds is 14. The number of hydrogen-bond donors (Lipinski definition) is 12. The lowest BCUT2D eigenvalue weighted by atomic mass is 10.1. The summed E-state index contributed by atoms with van der Waals surface area (Å²) in [6.07, 6.45) is 0. The summed E-state index contributed by atoms with van der Waals surface area (Å²) < 4.78 is 68.5. The largest absolute Gasteiger partial charge is 0.494 e. The topological polar surface area (TPSA) is 403 Å². The number of aliphatic hydroxyl groups is 2. The number of nitrogens with one attached hydrogen (secondary N) is 2. The van der Waals surface area contributed by atoms with Gasteiger partial charge in [-0.15, -0.1) is 0 Å². The molecule has 0 spiro atoms. The molecule has 0 amide bonds. The molecule has 25 heteroatoms. The van der Waals surface area contributed by atoms with Crippen LogP contribution in [0.1, 0.15) is 20.7 Å². The molecule has 63 heavy (non-hydrogen) atoms. The van der Waals surface area contributed by atoms with E-state index in [1.54, 1.807) is 47.4 Å². The number of ether oxygens (including phenoxy) is 1. The first-order valence-electron chi connectivity index (χ1n) is 17.8. The van der Waals surface area contributed by atoms with Gasteiger partial charge in [0.1, 0.15) is 15.5 Å². The molecular weight excluding hydrogens is 869 g/mol. The monoisotopic (exact) mass is 910 g/mol. The zero-order chi connectivity index (χ0) is 46.6. The maximum Gasteiger partial charge on any atom is 0.335 e. The average Bonchev–Trinajstić information content (AvgIpc) is 3.21. The quantitative estimate of drug-likeness (QED) is 0.0552. The highest BCUT2D eigenvalue weighted by Crippen LogP contribution is 2.32. The third-order valence-corrected chi connectivity index (χ3v) is 10.0. The van der Waals surface area contributed by atoms with Crippen LogP contribution in [0.15, 0.2) is 101 Å². The molecule has 334 valence electrons. The Kier molecular flexibility index (Phi) is 15.9. The maximum absolute atomic E-state index is 11.2. The summed E-state index contributed by atoms with van der Waals surface area (Å²) in [4.78, 5) is 34.9. The zero-order valence-corrected chi connectivity index (χ0v) is 34.6. The van der Waals surface area contributed by atoms with Gasteiger partial charge >= 0.3 is 11.9 Å². The molecular formula is C38H42N10O13S2. The Morgan fingerprint density at radius 1 is 0.635 bits per heavy atom. The summed E-state index contributed by atoms with van der Waals surface area (Å²) in [5.41, 5.74) is 24.7. The van der Waals surface area contributed by atoms with Gasteiger partial charge < -0.3 is 63.6 Å². The van der Waals surface area contributed by atoms with Crippen molar-refractivity contribution in [3.05, 3.63) is 102 Å². The standard InChI is InChI=1S/C20H26N8O3.C10H9NO6S2.C8H7NO4/c1-31-17-12-14(22)4-7-16(17)24-19-25-18(23-15-5-2-13(21)3-6-15)26-20(27-19)28(8-10-29)9-11-30;11-6-4-8-7(10(5-6)19(15,16)17)2-1-3-9(8)18(12,13)14;9-6-2-4(7(10)11)1-5(3-6)8(12)13/h2-7,12,29-30H,8-11,21-22H2,1H3,(H2,23,24,25,26,27);1-5H,11H2,(H,12,13,14)(H,15,16,17);1-3H,9H2,(H,10,11)(H,12,13). The van der Waals surface area contributed by atoms with Crippen LogP contribution in [0.5, 0.6) is 5.75 Å². The van der Waals surface area contributed by atoms with E-state index in [-0.39, 0.29) is 77.4 Å². The number of nitrogen functional groups attached to an aromatic ring is 4. The number of benzene rings is 5. The normalized spacial score (nSPS) is 11.0. The van der Waals surface area contributed by atoms with Crippen LogP contribution in [0.3, 0.4) is 0 Å². The first-order chi connectivity index (χ1) is 29.6. The number of carbonyl (C=O) groups is 2. The highest BCUT2D eigenvalue weighted by Gasteiger charge is 2.21. The van der Waals surface area contributed by atoms with Gasteiger partial charge in [-0.3, -0.25) is 9.11 Å². The van der Waals surface area contributed by atoms with Crippen molar-refractivity contribution in [1.82, 2.24) is 15.0 Å². The molecule has 0 aliphatic carbocycles. The van der Waals surface area contributed by atoms with Gasteiger partial charge in [-0.05, 0) is 72.8 Å². The zero-order valence-electron chi connectivity index (χ0n) is 32.9. The van der Waals surface area contributed by atoms with Crippen LogP contribution < -0.4 is 43.2 Å². The minimum absolute atomic E-state index is 0.0492. The van der Waals surface area contributed by atoms with E-state index < -0.39 is 42.0 Å². The first-order valence-corrected chi connectivity index (χ1v) is 20.7. The second kappa shape index (κ2) is 20.8. The number of anilines is 9. The molecule has 0 bridgehead atoms. The molecule has 0 radical (unpaired) electrons. The minimum atomic E-state index is -4.57. The Morgan fingerprint density at radius 2 is 1.17 bits per heavy atom. The number of hydrogen-bond acceptors (Lipinski definition) is 19. The molecule has 16 N–H and O–H groups in total. The molecule has 0 saturated carbocycles. The molecule has 0 atom stereocenters. The van der Waals surface area contributed by atoms with Gasteiger partial charge in [0.2, 0.25) is 17.8 Å².